The van der Waals surface area contributed by atoms with E-state index in [0.29, 0.717) is 6.04 Å². The third-order valence-electron chi connectivity index (χ3n) is 3.44. The second-order valence-corrected chi connectivity index (χ2v) is 5.99. The first-order chi connectivity index (χ1) is 7.16. The first-order valence-corrected chi connectivity index (χ1v) is 6.63. The zero-order valence-electron chi connectivity index (χ0n) is 9.86. The molecule has 0 spiro atoms. The standard InChI is InChI=1S/C12H20N2S/c1-9-4-6-11(7-5-9)14(3)12-13-8-10(2)15-12/h8-9,11H,4-7H2,1-3H3. The molecule has 0 N–H and O–H groups in total. The fourth-order valence-electron chi connectivity index (χ4n) is 2.29. The van der Waals surface area contributed by atoms with Crippen LogP contribution in [-0.4, -0.2) is 18.1 Å². The van der Waals surface area contributed by atoms with Crippen molar-refractivity contribution in [3.8, 4) is 0 Å². The van der Waals surface area contributed by atoms with Gasteiger partial charge in [-0.2, -0.15) is 0 Å². The van der Waals surface area contributed by atoms with Crippen LogP contribution in [0.15, 0.2) is 6.20 Å². The van der Waals surface area contributed by atoms with E-state index in [4.69, 9.17) is 0 Å². The second kappa shape index (κ2) is 4.52. The Balaban J connectivity index is 1.99. The fourth-order valence-corrected chi connectivity index (χ4v) is 3.08. The van der Waals surface area contributed by atoms with Crippen molar-refractivity contribution < 1.29 is 0 Å². The van der Waals surface area contributed by atoms with Gasteiger partial charge < -0.3 is 4.90 Å². The van der Waals surface area contributed by atoms with Gasteiger partial charge in [-0.05, 0) is 38.5 Å². The van der Waals surface area contributed by atoms with E-state index in [-0.39, 0.29) is 0 Å². The maximum Gasteiger partial charge on any atom is 0.185 e. The third kappa shape index (κ3) is 2.51. The third-order valence-corrected chi connectivity index (χ3v) is 4.45. The summed E-state index contributed by atoms with van der Waals surface area (Å²) in [5.41, 5.74) is 0. The largest absolute Gasteiger partial charge is 0.348 e. The summed E-state index contributed by atoms with van der Waals surface area (Å²) < 4.78 is 0. The molecule has 0 atom stereocenters. The van der Waals surface area contributed by atoms with Crippen LogP contribution in [0.5, 0.6) is 0 Å². The Morgan fingerprint density at radius 2 is 2.00 bits per heavy atom. The monoisotopic (exact) mass is 224 g/mol. The van der Waals surface area contributed by atoms with Crippen LogP contribution < -0.4 is 4.90 Å². The minimum absolute atomic E-state index is 0.715. The molecule has 1 aliphatic carbocycles. The molecule has 1 aromatic heterocycles. The highest BCUT2D eigenvalue weighted by molar-refractivity contribution is 7.15. The maximum atomic E-state index is 4.45. The fraction of sp³-hybridized carbons (Fsp3) is 0.750. The molecule has 0 saturated heterocycles. The number of thiazole rings is 1. The predicted octanol–water partition coefficient (Wildman–Crippen LogP) is 3.47. The van der Waals surface area contributed by atoms with Crippen LogP contribution in [0.4, 0.5) is 5.13 Å². The average molecular weight is 224 g/mol. The van der Waals surface area contributed by atoms with Crippen molar-refractivity contribution >= 4 is 16.5 Å². The van der Waals surface area contributed by atoms with Crippen molar-refractivity contribution in [3.05, 3.63) is 11.1 Å². The summed E-state index contributed by atoms with van der Waals surface area (Å²) in [6.07, 6.45) is 7.38. The van der Waals surface area contributed by atoms with Crippen molar-refractivity contribution in [3.63, 3.8) is 0 Å². The molecular formula is C12H20N2S. The van der Waals surface area contributed by atoms with E-state index < -0.39 is 0 Å². The Hall–Kier alpha value is -0.570. The van der Waals surface area contributed by atoms with Crippen LogP contribution in [0, 0.1) is 12.8 Å². The van der Waals surface area contributed by atoms with Crippen LogP contribution in [0.3, 0.4) is 0 Å². The highest BCUT2D eigenvalue weighted by atomic mass is 32.1. The van der Waals surface area contributed by atoms with Gasteiger partial charge in [0.25, 0.3) is 0 Å². The lowest BCUT2D eigenvalue weighted by Gasteiger charge is -2.33. The van der Waals surface area contributed by atoms with Crippen molar-refractivity contribution in [2.75, 3.05) is 11.9 Å². The molecule has 1 aliphatic rings. The van der Waals surface area contributed by atoms with Crippen LogP contribution in [0.2, 0.25) is 0 Å². The molecule has 0 bridgehead atoms. The zero-order valence-corrected chi connectivity index (χ0v) is 10.7. The lowest BCUT2D eigenvalue weighted by molar-refractivity contribution is 0.340. The number of aromatic nitrogens is 1. The Morgan fingerprint density at radius 1 is 1.33 bits per heavy atom. The molecule has 0 radical (unpaired) electrons. The predicted molar refractivity (Wildman–Crippen MR) is 66.7 cm³/mol. The number of nitrogens with zero attached hydrogens (tertiary/aromatic N) is 2. The van der Waals surface area contributed by atoms with E-state index in [1.54, 1.807) is 11.3 Å². The van der Waals surface area contributed by atoms with Crippen molar-refractivity contribution in [1.29, 1.82) is 0 Å². The van der Waals surface area contributed by atoms with Gasteiger partial charge in [0, 0.05) is 24.2 Å². The minimum atomic E-state index is 0.715. The zero-order chi connectivity index (χ0) is 10.8. The lowest BCUT2D eigenvalue weighted by atomic mass is 9.87. The Morgan fingerprint density at radius 3 is 2.53 bits per heavy atom. The molecule has 1 aromatic rings. The normalized spacial score (nSPS) is 26.6. The molecule has 2 rings (SSSR count). The van der Waals surface area contributed by atoms with Crippen LogP contribution in [0.1, 0.15) is 37.5 Å². The van der Waals surface area contributed by atoms with Gasteiger partial charge >= 0.3 is 0 Å². The maximum absolute atomic E-state index is 4.45. The van der Waals surface area contributed by atoms with Gasteiger partial charge in [0.2, 0.25) is 0 Å². The van der Waals surface area contributed by atoms with Crippen LogP contribution in [0.25, 0.3) is 0 Å². The highest BCUT2D eigenvalue weighted by Crippen LogP contribution is 2.30. The molecule has 84 valence electrons. The van der Waals surface area contributed by atoms with E-state index in [2.05, 4.69) is 30.8 Å². The summed E-state index contributed by atoms with van der Waals surface area (Å²) in [4.78, 5) is 8.14. The van der Waals surface area contributed by atoms with Crippen LogP contribution >= 0.6 is 11.3 Å². The molecule has 1 heterocycles. The van der Waals surface area contributed by atoms with Gasteiger partial charge in [-0.1, -0.05) is 6.92 Å². The molecule has 0 aromatic carbocycles. The molecule has 0 unspecified atom stereocenters. The molecule has 1 fully saturated rings. The Labute approximate surface area is 96.3 Å². The SMILES string of the molecule is Cc1cnc(N(C)C2CCC(C)CC2)s1. The average Bonchev–Trinajstić information content (AvgIpc) is 2.65. The number of hydrogen-bond donors (Lipinski definition) is 0. The lowest BCUT2D eigenvalue weighted by Crippen LogP contribution is -2.34. The molecule has 2 nitrogen and oxygen atoms in total. The minimum Gasteiger partial charge on any atom is -0.348 e. The number of anilines is 1. The highest BCUT2D eigenvalue weighted by Gasteiger charge is 2.23. The summed E-state index contributed by atoms with van der Waals surface area (Å²) >= 11 is 1.81. The first kappa shape index (κ1) is 10.9. The smallest absolute Gasteiger partial charge is 0.185 e. The van der Waals surface area contributed by atoms with Crippen molar-refractivity contribution in [2.45, 2.75) is 45.6 Å². The molecule has 3 heteroatoms. The van der Waals surface area contributed by atoms with Gasteiger partial charge in [0.15, 0.2) is 5.13 Å². The van der Waals surface area contributed by atoms with Crippen LogP contribution in [-0.2, 0) is 0 Å². The van der Waals surface area contributed by atoms with Gasteiger partial charge in [-0.3, -0.25) is 0 Å². The number of aryl methyl sites for hydroxylation is 1. The Kier molecular flexibility index (Phi) is 3.29. The first-order valence-electron chi connectivity index (χ1n) is 5.82. The van der Waals surface area contributed by atoms with Crippen molar-refractivity contribution in [1.82, 2.24) is 4.98 Å². The van der Waals surface area contributed by atoms with E-state index in [1.165, 1.54) is 35.7 Å². The van der Waals surface area contributed by atoms with E-state index >= 15 is 0 Å². The molecule has 0 amide bonds. The summed E-state index contributed by atoms with van der Waals surface area (Å²) in [5.74, 6) is 0.924. The number of rotatable bonds is 2. The van der Waals surface area contributed by atoms with Gasteiger partial charge in [-0.15, -0.1) is 11.3 Å². The van der Waals surface area contributed by atoms with Gasteiger partial charge in [0.1, 0.15) is 0 Å². The topological polar surface area (TPSA) is 16.1 Å². The quantitative estimate of drug-likeness (QED) is 0.764. The van der Waals surface area contributed by atoms with E-state index in [1.807, 2.05) is 6.20 Å². The summed E-state index contributed by atoms with van der Waals surface area (Å²) in [6.45, 7) is 4.49. The van der Waals surface area contributed by atoms with Crippen molar-refractivity contribution in [2.24, 2.45) is 5.92 Å². The summed E-state index contributed by atoms with van der Waals surface area (Å²) in [6, 6.07) is 0.715. The van der Waals surface area contributed by atoms with Gasteiger partial charge in [0.05, 0.1) is 0 Å². The van der Waals surface area contributed by atoms with E-state index in [9.17, 15) is 0 Å². The summed E-state index contributed by atoms with van der Waals surface area (Å²) in [7, 11) is 2.19. The molecule has 0 aliphatic heterocycles. The van der Waals surface area contributed by atoms with E-state index in [0.717, 1.165) is 5.92 Å². The number of hydrogen-bond acceptors (Lipinski definition) is 3. The molecule has 1 saturated carbocycles. The summed E-state index contributed by atoms with van der Waals surface area (Å²) in [5, 5.41) is 1.19. The second-order valence-electron chi connectivity index (χ2n) is 4.78. The molecular weight excluding hydrogens is 204 g/mol. The van der Waals surface area contributed by atoms with Gasteiger partial charge in [-0.25, -0.2) is 4.98 Å². The Bertz CT molecular complexity index is 313. The molecule has 15 heavy (non-hydrogen) atoms.